The van der Waals surface area contributed by atoms with E-state index in [1.165, 1.54) is 25.0 Å². The summed E-state index contributed by atoms with van der Waals surface area (Å²) in [4.78, 5) is 11.3. The molecule has 0 aromatic carbocycles. The van der Waals surface area contributed by atoms with Crippen LogP contribution in [-0.4, -0.2) is 36.7 Å². The third-order valence-corrected chi connectivity index (χ3v) is 2.84. The molecule has 0 aliphatic heterocycles. The summed E-state index contributed by atoms with van der Waals surface area (Å²) in [7, 11) is 0. The van der Waals surface area contributed by atoms with Crippen LogP contribution in [0.4, 0.5) is 0 Å². The Morgan fingerprint density at radius 2 is 1.82 bits per heavy atom. The van der Waals surface area contributed by atoms with Gasteiger partial charge in [0.2, 0.25) is 0 Å². The first kappa shape index (κ1) is 16.8. The molecular formula is C13H27NO2S. The lowest BCUT2D eigenvalue weighted by molar-refractivity contribution is -0.153. The molecule has 0 aromatic rings. The van der Waals surface area contributed by atoms with Gasteiger partial charge in [0.15, 0.2) is 0 Å². The number of unbranched alkanes of at least 4 members (excludes halogenated alkanes) is 3. The molecule has 0 aromatic heterocycles. The van der Waals surface area contributed by atoms with Gasteiger partial charge in [-0.05, 0) is 52.2 Å². The van der Waals surface area contributed by atoms with Gasteiger partial charge in [0.1, 0.15) is 5.60 Å². The molecule has 0 radical (unpaired) electrons. The molecule has 3 nitrogen and oxygen atoms in total. The average Bonchev–Trinajstić information content (AvgIpc) is 2.19. The number of thioether (sulfide) groups is 1. The largest absolute Gasteiger partial charge is 0.459 e. The third-order valence-electron chi connectivity index (χ3n) is 2.14. The van der Waals surface area contributed by atoms with Crippen molar-refractivity contribution in [2.45, 2.75) is 52.1 Å². The second-order valence-electron chi connectivity index (χ2n) is 5.17. The minimum absolute atomic E-state index is 0.167. The quantitative estimate of drug-likeness (QED) is 0.511. The SMILES string of the molecule is CSCCCCCCNCC(=O)OC(C)(C)C. The highest BCUT2D eigenvalue weighted by Gasteiger charge is 2.15. The minimum atomic E-state index is -0.378. The van der Waals surface area contributed by atoms with Gasteiger partial charge in [-0.1, -0.05) is 12.8 Å². The van der Waals surface area contributed by atoms with Crippen molar-refractivity contribution in [2.75, 3.05) is 25.1 Å². The van der Waals surface area contributed by atoms with Crippen LogP contribution in [0.3, 0.4) is 0 Å². The van der Waals surface area contributed by atoms with Crippen LogP contribution in [0.5, 0.6) is 0 Å². The lowest BCUT2D eigenvalue weighted by Crippen LogP contribution is -2.31. The molecule has 4 heteroatoms. The summed E-state index contributed by atoms with van der Waals surface area (Å²) in [5, 5.41) is 3.12. The van der Waals surface area contributed by atoms with Gasteiger partial charge in [0, 0.05) is 0 Å². The molecule has 0 heterocycles. The molecule has 1 N–H and O–H groups in total. The van der Waals surface area contributed by atoms with E-state index in [2.05, 4.69) is 11.6 Å². The number of hydrogen-bond acceptors (Lipinski definition) is 4. The fourth-order valence-corrected chi connectivity index (χ4v) is 1.91. The monoisotopic (exact) mass is 261 g/mol. The lowest BCUT2D eigenvalue weighted by atomic mass is 10.2. The Labute approximate surface area is 110 Å². The fraction of sp³-hybridized carbons (Fsp3) is 0.923. The summed E-state index contributed by atoms with van der Waals surface area (Å²) in [6.07, 6.45) is 7.10. The Balaban J connectivity index is 3.25. The Morgan fingerprint density at radius 3 is 2.41 bits per heavy atom. The summed E-state index contributed by atoms with van der Waals surface area (Å²) >= 11 is 1.90. The number of nitrogens with one attached hydrogen (secondary N) is 1. The van der Waals surface area contributed by atoms with E-state index in [-0.39, 0.29) is 11.6 Å². The molecule has 0 bridgehead atoms. The highest BCUT2D eigenvalue weighted by Crippen LogP contribution is 2.06. The van der Waals surface area contributed by atoms with Crippen molar-refractivity contribution in [1.29, 1.82) is 0 Å². The lowest BCUT2D eigenvalue weighted by Gasteiger charge is -2.19. The zero-order chi connectivity index (χ0) is 13.1. The van der Waals surface area contributed by atoms with Gasteiger partial charge in [-0.3, -0.25) is 4.79 Å². The van der Waals surface area contributed by atoms with E-state index in [1.54, 1.807) is 0 Å². The van der Waals surface area contributed by atoms with Gasteiger partial charge in [-0.15, -0.1) is 0 Å². The molecule has 17 heavy (non-hydrogen) atoms. The van der Waals surface area contributed by atoms with Crippen molar-refractivity contribution in [3.05, 3.63) is 0 Å². The molecule has 0 unspecified atom stereocenters. The molecule has 0 spiro atoms. The number of ether oxygens (including phenoxy) is 1. The normalized spacial score (nSPS) is 11.5. The van der Waals surface area contributed by atoms with Crippen LogP contribution in [0.15, 0.2) is 0 Å². The van der Waals surface area contributed by atoms with Crippen molar-refractivity contribution < 1.29 is 9.53 Å². The van der Waals surface area contributed by atoms with Gasteiger partial charge in [0.05, 0.1) is 6.54 Å². The number of rotatable bonds is 9. The van der Waals surface area contributed by atoms with E-state index in [4.69, 9.17) is 4.74 Å². The predicted molar refractivity (Wildman–Crippen MR) is 75.6 cm³/mol. The summed E-state index contributed by atoms with van der Waals surface area (Å²) in [6.45, 7) is 6.88. The first-order valence-corrected chi connectivity index (χ1v) is 7.76. The van der Waals surface area contributed by atoms with Crippen LogP contribution < -0.4 is 5.32 Å². The zero-order valence-electron chi connectivity index (χ0n) is 11.7. The third kappa shape index (κ3) is 13.7. The molecule has 0 fully saturated rings. The minimum Gasteiger partial charge on any atom is -0.459 e. The standard InChI is InChI=1S/C13H27NO2S/c1-13(2,3)16-12(15)11-14-9-7-5-6-8-10-17-4/h14H,5-11H2,1-4H3. The Bertz CT molecular complexity index is 202. The van der Waals surface area contributed by atoms with Crippen LogP contribution in [-0.2, 0) is 9.53 Å². The predicted octanol–water partition coefficient (Wildman–Crippen LogP) is 2.84. The molecular weight excluding hydrogens is 234 g/mol. The summed E-state index contributed by atoms with van der Waals surface area (Å²) in [5.41, 5.74) is -0.378. The van der Waals surface area contributed by atoms with E-state index in [0.717, 1.165) is 13.0 Å². The first-order valence-electron chi connectivity index (χ1n) is 6.37. The van der Waals surface area contributed by atoms with Crippen molar-refractivity contribution >= 4 is 17.7 Å². The first-order chi connectivity index (χ1) is 7.95. The highest BCUT2D eigenvalue weighted by molar-refractivity contribution is 7.98. The van der Waals surface area contributed by atoms with Crippen molar-refractivity contribution in [3.8, 4) is 0 Å². The van der Waals surface area contributed by atoms with Crippen molar-refractivity contribution in [2.24, 2.45) is 0 Å². The number of esters is 1. The Morgan fingerprint density at radius 1 is 1.18 bits per heavy atom. The molecule has 0 aliphatic rings. The topological polar surface area (TPSA) is 38.3 Å². The average molecular weight is 261 g/mol. The second-order valence-corrected chi connectivity index (χ2v) is 6.16. The van der Waals surface area contributed by atoms with Crippen LogP contribution >= 0.6 is 11.8 Å². The molecule has 0 atom stereocenters. The van der Waals surface area contributed by atoms with Gasteiger partial charge >= 0.3 is 5.97 Å². The van der Waals surface area contributed by atoms with E-state index in [1.807, 2.05) is 32.5 Å². The second kappa shape index (κ2) is 9.77. The summed E-state index contributed by atoms with van der Waals surface area (Å²) in [5.74, 6) is 1.09. The van der Waals surface area contributed by atoms with Gasteiger partial charge in [-0.25, -0.2) is 0 Å². The molecule has 102 valence electrons. The van der Waals surface area contributed by atoms with E-state index < -0.39 is 0 Å². The molecule has 0 saturated carbocycles. The summed E-state index contributed by atoms with van der Waals surface area (Å²) in [6, 6.07) is 0. The number of carbonyl (C=O) groups excluding carboxylic acids is 1. The Hall–Kier alpha value is -0.220. The number of carbonyl (C=O) groups is 1. The van der Waals surface area contributed by atoms with E-state index in [0.29, 0.717) is 6.54 Å². The maximum atomic E-state index is 11.3. The summed E-state index contributed by atoms with van der Waals surface area (Å²) < 4.78 is 5.19. The molecule has 0 aliphatic carbocycles. The Kier molecular flexibility index (Phi) is 9.65. The van der Waals surface area contributed by atoms with Crippen LogP contribution in [0.1, 0.15) is 46.5 Å². The van der Waals surface area contributed by atoms with Crippen molar-refractivity contribution in [3.63, 3.8) is 0 Å². The molecule has 0 saturated heterocycles. The van der Waals surface area contributed by atoms with E-state index >= 15 is 0 Å². The van der Waals surface area contributed by atoms with Crippen LogP contribution in [0, 0.1) is 0 Å². The van der Waals surface area contributed by atoms with E-state index in [9.17, 15) is 4.79 Å². The molecule has 0 amide bonds. The smallest absolute Gasteiger partial charge is 0.320 e. The zero-order valence-corrected chi connectivity index (χ0v) is 12.5. The van der Waals surface area contributed by atoms with Crippen molar-refractivity contribution in [1.82, 2.24) is 5.32 Å². The van der Waals surface area contributed by atoms with Crippen LogP contribution in [0.2, 0.25) is 0 Å². The highest BCUT2D eigenvalue weighted by atomic mass is 32.2. The maximum Gasteiger partial charge on any atom is 0.320 e. The van der Waals surface area contributed by atoms with Gasteiger partial charge < -0.3 is 10.1 Å². The molecule has 0 rings (SSSR count). The van der Waals surface area contributed by atoms with Gasteiger partial charge in [0.25, 0.3) is 0 Å². The number of hydrogen-bond donors (Lipinski definition) is 1. The fourth-order valence-electron chi connectivity index (χ4n) is 1.42. The maximum absolute atomic E-state index is 11.3. The van der Waals surface area contributed by atoms with Gasteiger partial charge in [-0.2, -0.15) is 11.8 Å². The van der Waals surface area contributed by atoms with Crippen LogP contribution in [0.25, 0.3) is 0 Å².